The minimum atomic E-state index is 0. The van der Waals surface area contributed by atoms with Crippen molar-refractivity contribution < 1.29 is 0 Å². The van der Waals surface area contributed by atoms with Crippen molar-refractivity contribution in [3.8, 4) is 0 Å². The number of benzene rings is 1. The zero-order valence-corrected chi connectivity index (χ0v) is 14.3. The van der Waals surface area contributed by atoms with E-state index in [2.05, 4.69) is 57.5 Å². The van der Waals surface area contributed by atoms with Gasteiger partial charge < -0.3 is 6.42 Å². The van der Waals surface area contributed by atoms with Crippen molar-refractivity contribution in [3.05, 3.63) is 47.4 Å². The van der Waals surface area contributed by atoms with Crippen LogP contribution in [-0.4, -0.2) is 0 Å². The molecule has 1 saturated carbocycles. The Morgan fingerprint density at radius 1 is 1.32 bits per heavy atom. The van der Waals surface area contributed by atoms with Gasteiger partial charge in [-0.15, -0.1) is 12.0 Å². The molecule has 0 aliphatic heterocycles. The Balaban J connectivity index is 0.00000133. The van der Waals surface area contributed by atoms with Crippen molar-refractivity contribution in [1.82, 2.24) is 0 Å². The van der Waals surface area contributed by atoms with Crippen molar-refractivity contribution in [2.45, 2.75) is 51.4 Å². The van der Waals surface area contributed by atoms with Crippen molar-refractivity contribution in [2.75, 3.05) is 0 Å². The minimum absolute atomic E-state index is 0. The van der Waals surface area contributed by atoms with Crippen LogP contribution >= 0.6 is 0 Å². The van der Waals surface area contributed by atoms with Crippen LogP contribution in [-0.2, 0) is 5.41 Å². The van der Waals surface area contributed by atoms with Crippen LogP contribution in [0.25, 0.3) is 6.08 Å². The fraction of sp³-hybridized carbons (Fsp3) is 0.500. The summed E-state index contributed by atoms with van der Waals surface area (Å²) in [6.45, 7) is 6.99. The molecule has 3 rings (SSSR count). The maximum Gasteiger partial charge on any atom is 0 e. The molecule has 19 heavy (non-hydrogen) atoms. The Bertz CT molecular complexity index is 486. The predicted molar refractivity (Wildman–Crippen MR) is 78.6 cm³/mol. The van der Waals surface area contributed by atoms with Crippen molar-refractivity contribution in [2.24, 2.45) is 5.92 Å². The van der Waals surface area contributed by atoms with E-state index in [9.17, 15) is 0 Å². The van der Waals surface area contributed by atoms with Gasteiger partial charge in [-0.3, -0.25) is 0 Å². The van der Waals surface area contributed by atoms with Crippen LogP contribution < -0.4 is 0 Å². The van der Waals surface area contributed by atoms with Crippen LogP contribution in [0.1, 0.15) is 62.6 Å². The van der Waals surface area contributed by atoms with Gasteiger partial charge in [0.2, 0.25) is 0 Å². The van der Waals surface area contributed by atoms with Gasteiger partial charge in [-0.1, -0.05) is 51.5 Å². The molecule has 0 bridgehead atoms. The van der Waals surface area contributed by atoms with Gasteiger partial charge in [0, 0.05) is 0 Å². The monoisotopic (exact) mass is 497 g/mol. The quantitative estimate of drug-likeness (QED) is 0.474. The first-order valence-corrected chi connectivity index (χ1v) is 7.27. The number of fused-ring (bicyclic) bond motifs is 3. The average molecular weight is 497 g/mol. The summed E-state index contributed by atoms with van der Waals surface area (Å²) in [4.78, 5) is 0. The minimum Gasteiger partial charge on any atom is -0.321 e. The number of allylic oxidation sites excluding steroid dienone is 1. The summed E-state index contributed by atoms with van der Waals surface area (Å²) in [6.07, 6.45) is 11.2. The van der Waals surface area contributed by atoms with Gasteiger partial charge in [0.1, 0.15) is 0 Å². The molecule has 2 aliphatic carbocycles. The average Bonchev–Trinajstić information content (AvgIpc) is 2.37. The zero-order valence-electron chi connectivity index (χ0n) is 12.0. The van der Waals surface area contributed by atoms with E-state index in [1.54, 1.807) is 5.56 Å². The molecule has 0 amide bonds. The molecule has 0 N–H and O–H groups in total. The van der Waals surface area contributed by atoms with E-state index < -0.39 is 0 Å². The molecule has 1 fully saturated rings. The predicted octanol–water partition coefficient (Wildman–Crippen LogP) is 5.10. The Hall–Kier alpha value is -2.04. The molecule has 0 saturated heterocycles. The van der Waals surface area contributed by atoms with Gasteiger partial charge in [0.05, 0.1) is 0 Å². The Morgan fingerprint density at radius 2 is 2.11 bits per heavy atom. The van der Waals surface area contributed by atoms with E-state index in [0.717, 1.165) is 0 Å². The molecule has 1 aromatic rings. The maximum absolute atomic E-state index is 2.51. The second kappa shape index (κ2) is 4.57. The van der Waals surface area contributed by atoms with E-state index in [1.807, 2.05) is 0 Å². The number of rotatable bonds is 1. The third kappa shape index (κ3) is 1.95. The largest absolute Gasteiger partial charge is 0.321 e. The molecule has 109 valence electrons. The van der Waals surface area contributed by atoms with E-state index in [1.165, 1.54) is 30.4 Å². The third-order valence-corrected chi connectivity index (χ3v) is 4.90. The Kier molecular flexibility index (Phi) is 3.22. The van der Waals surface area contributed by atoms with E-state index >= 15 is 0 Å². The molecular weight excluding hydrogens is 474 g/mol. The topological polar surface area (TPSA) is 0 Å². The molecule has 0 nitrogen and oxygen atoms in total. The Morgan fingerprint density at radius 3 is 2.84 bits per heavy atom. The van der Waals surface area contributed by atoms with Crippen molar-refractivity contribution >= 4 is 6.08 Å². The third-order valence-electron chi connectivity index (χ3n) is 4.90. The van der Waals surface area contributed by atoms with Crippen molar-refractivity contribution in [3.63, 3.8) is 0 Å². The summed E-state index contributed by atoms with van der Waals surface area (Å²) in [6, 6.07) is 7.12. The molecule has 2 aliphatic rings. The van der Waals surface area contributed by atoms with Crippen LogP contribution in [0.4, 0.5) is 0 Å². The smallest absolute Gasteiger partial charge is 0 e. The Labute approximate surface area is 111 Å². The standard InChI is InChI=1S/C18H23.Md/c1-13(2)14-8-10-17-15(12-14)7-9-16-6-4-5-11-18(16,17)3;/h6-10,12-13,16H,4-5,11H2,1-3H3;/q-1;. The van der Waals surface area contributed by atoms with Gasteiger partial charge >= 0.3 is 0 Å². The second-order valence-corrected chi connectivity index (χ2v) is 6.43. The van der Waals surface area contributed by atoms with Crippen LogP contribution in [0.2, 0.25) is 0 Å². The van der Waals surface area contributed by atoms with Gasteiger partial charge in [-0.05, 0) is 34.4 Å². The zero-order chi connectivity index (χ0) is 12.8. The second-order valence-electron chi connectivity index (χ2n) is 6.43. The summed E-state index contributed by atoms with van der Waals surface area (Å²) in [5, 5.41) is 0. The summed E-state index contributed by atoms with van der Waals surface area (Å²) in [5.74, 6) is 1.26. The molecule has 0 heterocycles. The fourth-order valence-corrected chi connectivity index (χ4v) is 3.60. The molecule has 0 spiro atoms. The van der Waals surface area contributed by atoms with Crippen LogP contribution in [0.15, 0.2) is 24.3 Å². The molecule has 1 aromatic carbocycles. The summed E-state index contributed by atoms with van der Waals surface area (Å²) in [7, 11) is 0. The van der Waals surface area contributed by atoms with E-state index in [0.29, 0.717) is 17.3 Å². The fourth-order valence-electron chi connectivity index (χ4n) is 3.60. The normalized spacial score (nSPS) is 28.5. The first kappa shape index (κ1) is 13.4. The molecule has 2 atom stereocenters. The van der Waals surface area contributed by atoms with Gasteiger partial charge in [-0.25, -0.2) is 0 Å². The summed E-state index contributed by atoms with van der Waals surface area (Å²) >= 11 is 0. The van der Waals surface area contributed by atoms with Gasteiger partial charge in [0.25, 0.3) is 0 Å². The van der Waals surface area contributed by atoms with Crippen LogP contribution in [0.5, 0.6) is 0 Å². The van der Waals surface area contributed by atoms with Crippen molar-refractivity contribution in [1.29, 1.82) is 0 Å². The SMILES string of the molecule is CC(C)c1ccc2c(c1)C=CC1[CH-]CCCC21C.[Md]. The van der Waals surface area contributed by atoms with E-state index in [4.69, 9.17) is 0 Å². The maximum atomic E-state index is 2.51. The molecule has 1 radical (unpaired) electrons. The molecular formula is C18H23Md-. The molecule has 1 heteroatoms. The number of hydrogen-bond acceptors (Lipinski definition) is 0. The van der Waals surface area contributed by atoms with Gasteiger partial charge in [-0.2, -0.15) is 6.42 Å². The van der Waals surface area contributed by atoms with Gasteiger partial charge in [0.15, 0.2) is 0 Å². The van der Waals surface area contributed by atoms with Crippen LogP contribution in [0, 0.1) is 12.3 Å². The van der Waals surface area contributed by atoms with E-state index in [-0.39, 0.29) is 0 Å². The number of hydrogen-bond donors (Lipinski definition) is 0. The first-order valence-electron chi connectivity index (χ1n) is 7.27. The first-order chi connectivity index (χ1) is 8.61. The van der Waals surface area contributed by atoms with Crippen LogP contribution in [0.3, 0.4) is 0 Å². The summed E-state index contributed by atoms with van der Waals surface area (Å²) in [5.41, 5.74) is 4.82. The molecule has 2 unspecified atom stereocenters. The molecule has 0 aromatic heterocycles. The summed E-state index contributed by atoms with van der Waals surface area (Å²) < 4.78 is 0.